The van der Waals surface area contributed by atoms with Crippen molar-refractivity contribution in [3.05, 3.63) is 45.4 Å². The summed E-state index contributed by atoms with van der Waals surface area (Å²) in [6.07, 6.45) is 2.40. The lowest BCUT2D eigenvalue weighted by Gasteiger charge is -2.30. The molecule has 7 nitrogen and oxygen atoms in total. The summed E-state index contributed by atoms with van der Waals surface area (Å²) in [7, 11) is 0. The number of anilines is 2. The van der Waals surface area contributed by atoms with Gasteiger partial charge in [-0.25, -0.2) is 4.79 Å². The maximum absolute atomic E-state index is 12.5. The van der Waals surface area contributed by atoms with Gasteiger partial charge in [0.25, 0.3) is 0 Å². The van der Waals surface area contributed by atoms with Crippen LogP contribution in [0.25, 0.3) is 0 Å². The van der Waals surface area contributed by atoms with E-state index in [2.05, 4.69) is 15.4 Å². The van der Waals surface area contributed by atoms with Crippen molar-refractivity contribution in [3.63, 3.8) is 0 Å². The fourth-order valence-corrected chi connectivity index (χ4v) is 4.72. The first-order valence-corrected chi connectivity index (χ1v) is 10.6. The lowest BCUT2D eigenvalue weighted by atomic mass is 9.72. The Morgan fingerprint density at radius 3 is 2.61 bits per heavy atom. The van der Waals surface area contributed by atoms with Gasteiger partial charge in [0.15, 0.2) is 5.75 Å². The van der Waals surface area contributed by atoms with Gasteiger partial charge in [-0.1, -0.05) is 23.2 Å². The molecular formula is C22H20Cl2N2O5. The number of hydrogen-bond donors (Lipinski definition) is 2. The van der Waals surface area contributed by atoms with Gasteiger partial charge in [0, 0.05) is 16.9 Å². The Morgan fingerprint density at radius 2 is 1.94 bits per heavy atom. The zero-order valence-corrected chi connectivity index (χ0v) is 18.4. The highest BCUT2D eigenvalue weighted by atomic mass is 35.5. The predicted molar refractivity (Wildman–Crippen MR) is 117 cm³/mol. The first kappa shape index (κ1) is 21.5. The number of nitrogens with one attached hydrogen (secondary N) is 2. The summed E-state index contributed by atoms with van der Waals surface area (Å²) in [4.78, 5) is 35.9. The van der Waals surface area contributed by atoms with Crippen molar-refractivity contribution in [2.24, 2.45) is 0 Å². The van der Waals surface area contributed by atoms with Crippen LogP contribution >= 0.6 is 23.2 Å². The van der Waals surface area contributed by atoms with Crippen molar-refractivity contribution in [1.82, 2.24) is 0 Å². The molecule has 1 aliphatic heterocycles. The van der Waals surface area contributed by atoms with Crippen LogP contribution in [0.4, 0.5) is 11.4 Å². The fraction of sp³-hybridized carbons (Fsp3) is 0.318. The van der Waals surface area contributed by atoms with Crippen LogP contribution in [0.5, 0.6) is 11.5 Å². The van der Waals surface area contributed by atoms with Crippen LogP contribution in [0.2, 0.25) is 10.0 Å². The van der Waals surface area contributed by atoms with Crippen molar-refractivity contribution in [2.45, 2.75) is 38.5 Å². The van der Waals surface area contributed by atoms with E-state index in [4.69, 9.17) is 27.9 Å². The minimum absolute atomic E-state index is 0.00152. The van der Waals surface area contributed by atoms with E-state index in [1.165, 1.54) is 12.1 Å². The van der Waals surface area contributed by atoms with Crippen molar-refractivity contribution in [2.75, 3.05) is 17.2 Å². The molecule has 1 atom stereocenters. The molecule has 1 unspecified atom stereocenters. The average Bonchev–Trinajstić information content (AvgIpc) is 2.98. The topological polar surface area (TPSA) is 93.7 Å². The lowest BCUT2D eigenvalue weighted by Crippen LogP contribution is -2.34. The highest BCUT2D eigenvalue weighted by molar-refractivity contribution is 6.39. The molecular weight excluding hydrogens is 443 g/mol. The van der Waals surface area contributed by atoms with E-state index in [0.717, 1.165) is 36.1 Å². The zero-order chi connectivity index (χ0) is 22.3. The van der Waals surface area contributed by atoms with Crippen LogP contribution in [-0.2, 0) is 31.0 Å². The summed E-state index contributed by atoms with van der Waals surface area (Å²) in [5, 5.41) is 5.67. The minimum Gasteiger partial charge on any atom is -0.459 e. The number of carbonyl (C=O) groups is 3. The molecule has 0 radical (unpaired) electrons. The van der Waals surface area contributed by atoms with E-state index in [-0.39, 0.29) is 34.0 Å². The minimum atomic E-state index is -1.00. The molecule has 9 heteroatoms. The molecule has 4 rings (SSSR count). The molecule has 2 aromatic carbocycles. The average molecular weight is 463 g/mol. The molecule has 0 saturated heterocycles. The van der Waals surface area contributed by atoms with Crippen LogP contribution in [0.3, 0.4) is 0 Å². The Hall–Kier alpha value is -2.77. The van der Waals surface area contributed by atoms with Crippen molar-refractivity contribution >= 4 is 52.4 Å². The third kappa shape index (κ3) is 3.72. The van der Waals surface area contributed by atoms with Crippen LogP contribution in [-0.4, -0.2) is 24.4 Å². The van der Waals surface area contributed by atoms with Gasteiger partial charge < -0.3 is 20.1 Å². The number of ether oxygens (including phenoxy) is 2. The molecule has 0 aromatic heterocycles. The second-order valence-corrected chi connectivity index (χ2v) is 8.46. The molecule has 2 aromatic rings. The van der Waals surface area contributed by atoms with Crippen molar-refractivity contribution in [3.8, 4) is 11.5 Å². The molecule has 0 fully saturated rings. The van der Waals surface area contributed by atoms with E-state index in [1.807, 2.05) is 13.0 Å². The molecule has 0 saturated carbocycles. The molecule has 2 aliphatic rings. The van der Waals surface area contributed by atoms with E-state index in [0.29, 0.717) is 5.75 Å². The molecule has 0 spiro atoms. The van der Waals surface area contributed by atoms with Gasteiger partial charge in [0.2, 0.25) is 5.91 Å². The monoisotopic (exact) mass is 462 g/mol. The number of carbonyl (C=O) groups excluding carboxylic acids is 3. The SMILES string of the molecule is CCOC(=O)C(=O)Nc1cc(Cl)c(Oc2ccc3c4c2CCCC4(C)C(=O)N3)c(Cl)c1. The van der Waals surface area contributed by atoms with Gasteiger partial charge >= 0.3 is 11.9 Å². The van der Waals surface area contributed by atoms with Gasteiger partial charge in [-0.15, -0.1) is 0 Å². The summed E-state index contributed by atoms with van der Waals surface area (Å²) in [5.74, 6) is -1.13. The second-order valence-electron chi connectivity index (χ2n) is 7.65. The van der Waals surface area contributed by atoms with Crippen molar-refractivity contribution < 1.29 is 23.9 Å². The van der Waals surface area contributed by atoms with Gasteiger partial charge in [0.05, 0.1) is 22.1 Å². The number of esters is 1. The number of benzene rings is 2. The molecule has 1 heterocycles. The summed E-state index contributed by atoms with van der Waals surface area (Å²) >= 11 is 12.7. The van der Waals surface area contributed by atoms with E-state index in [9.17, 15) is 14.4 Å². The standard InChI is InChI=1S/C22H20Cl2N2O5/c1-3-30-20(28)19(27)25-11-9-13(23)18(14(24)10-11)31-16-7-6-15-17-12(16)5-4-8-22(17,2)21(29)26-15/h6-7,9-10H,3-5,8H2,1-2H3,(H,25,27)(H,26,29). The van der Waals surface area contributed by atoms with Crippen LogP contribution < -0.4 is 15.4 Å². The van der Waals surface area contributed by atoms with E-state index in [1.54, 1.807) is 13.0 Å². The maximum atomic E-state index is 12.5. The third-order valence-electron chi connectivity index (χ3n) is 5.60. The van der Waals surface area contributed by atoms with Crippen LogP contribution in [0.1, 0.15) is 37.8 Å². The fourth-order valence-electron chi connectivity index (χ4n) is 4.16. The summed E-state index contributed by atoms with van der Waals surface area (Å²) in [6, 6.07) is 6.48. The van der Waals surface area contributed by atoms with Crippen LogP contribution in [0, 0.1) is 0 Å². The Bertz CT molecular complexity index is 1090. The van der Waals surface area contributed by atoms with Gasteiger partial charge in [-0.3, -0.25) is 9.59 Å². The van der Waals surface area contributed by atoms with Crippen molar-refractivity contribution in [1.29, 1.82) is 0 Å². The summed E-state index contributed by atoms with van der Waals surface area (Å²) < 4.78 is 10.7. The molecule has 0 bridgehead atoms. The molecule has 31 heavy (non-hydrogen) atoms. The number of hydrogen-bond acceptors (Lipinski definition) is 5. The zero-order valence-electron chi connectivity index (χ0n) is 16.9. The molecule has 1 aliphatic carbocycles. The number of halogens is 2. The van der Waals surface area contributed by atoms with E-state index >= 15 is 0 Å². The molecule has 2 amide bonds. The maximum Gasteiger partial charge on any atom is 0.397 e. The normalized spacial score (nSPS) is 18.8. The Labute approximate surface area is 189 Å². The quantitative estimate of drug-likeness (QED) is 0.500. The smallest absolute Gasteiger partial charge is 0.397 e. The second kappa shape index (κ2) is 8.05. The van der Waals surface area contributed by atoms with Crippen LogP contribution in [0.15, 0.2) is 24.3 Å². The Kier molecular flexibility index (Phi) is 5.58. The number of rotatable bonds is 4. The lowest BCUT2D eigenvalue weighted by molar-refractivity contribution is -0.152. The van der Waals surface area contributed by atoms with E-state index < -0.39 is 17.3 Å². The largest absolute Gasteiger partial charge is 0.459 e. The Balaban J connectivity index is 1.63. The first-order valence-electron chi connectivity index (χ1n) is 9.87. The summed E-state index contributed by atoms with van der Waals surface area (Å²) in [5.41, 5.74) is 2.39. The third-order valence-corrected chi connectivity index (χ3v) is 6.17. The summed E-state index contributed by atoms with van der Waals surface area (Å²) in [6.45, 7) is 3.64. The van der Waals surface area contributed by atoms with Gasteiger partial charge in [-0.05, 0) is 62.9 Å². The number of amides is 2. The van der Waals surface area contributed by atoms with Gasteiger partial charge in [0.1, 0.15) is 5.75 Å². The first-order chi connectivity index (χ1) is 14.7. The van der Waals surface area contributed by atoms with Gasteiger partial charge in [-0.2, -0.15) is 0 Å². The molecule has 2 N–H and O–H groups in total. The Morgan fingerprint density at radius 1 is 1.23 bits per heavy atom. The highest BCUT2D eigenvalue weighted by Crippen LogP contribution is 2.50. The predicted octanol–water partition coefficient (Wildman–Crippen LogP) is 4.83. The molecule has 162 valence electrons. The highest BCUT2D eigenvalue weighted by Gasteiger charge is 2.46.